The first-order valence-corrected chi connectivity index (χ1v) is 9.79. The van der Waals surface area contributed by atoms with Crippen LogP contribution >= 0.6 is 0 Å². The first-order valence-electron chi connectivity index (χ1n) is 9.79. The number of hydrogen-bond acceptors (Lipinski definition) is 5. The summed E-state index contributed by atoms with van der Waals surface area (Å²) < 4.78 is 5.72. The van der Waals surface area contributed by atoms with E-state index in [1.807, 2.05) is 50.2 Å². The van der Waals surface area contributed by atoms with Crippen molar-refractivity contribution in [1.29, 1.82) is 0 Å². The molecule has 4 rings (SSSR count). The van der Waals surface area contributed by atoms with Crippen molar-refractivity contribution in [1.82, 2.24) is 20.3 Å². The Hall–Kier alpha value is -3.80. The first kappa shape index (κ1) is 19.5. The van der Waals surface area contributed by atoms with E-state index in [-0.39, 0.29) is 12.0 Å². The standard InChI is InChI=1S/C24H22N4O2/c1-16(2)30-19-7-3-5-17(11-19)13-27-24(29)23-12-20(18-6-4-9-25-14-18)21-15-26-10-8-22(21)28-23/h3-12,14-16H,13H2,1-2H3,(H,27,29). The molecular formula is C24H22N4O2. The normalized spacial score (nSPS) is 10.9. The van der Waals surface area contributed by atoms with Crippen LogP contribution in [-0.2, 0) is 6.54 Å². The number of amides is 1. The van der Waals surface area contributed by atoms with Crippen molar-refractivity contribution in [2.45, 2.75) is 26.5 Å². The van der Waals surface area contributed by atoms with Gasteiger partial charge in [0.05, 0.1) is 11.6 Å². The van der Waals surface area contributed by atoms with Crippen molar-refractivity contribution in [3.8, 4) is 16.9 Å². The SMILES string of the molecule is CC(C)Oc1cccc(CNC(=O)c2cc(-c3cccnc3)c3cnccc3n2)c1. The van der Waals surface area contributed by atoms with E-state index in [4.69, 9.17) is 4.74 Å². The van der Waals surface area contributed by atoms with E-state index in [9.17, 15) is 4.79 Å². The molecule has 0 aliphatic carbocycles. The molecule has 0 atom stereocenters. The predicted molar refractivity (Wildman–Crippen MR) is 116 cm³/mol. The van der Waals surface area contributed by atoms with E-state index >= 15 is 0 Å². The summed E-state index contributed by atoms with van der Waals surface area (Å²) in [7, 11) is 0. The van der Waals surface area contributed by atoms with Gasteiger partial charge in [-0.25, -0.2) is 4.98 Å². The minimum Gasteiger partial charge on any atom is -0.491 e. The number of pyridine rings is 3. The highest BCUT2D eigenvalue weighted by Gasteiger charge is 2.14. The molecule has 1 N–H and O–H groups in total. The number of nitrogens with zero attached hydrogens (tertiary/aromatic N) is 3. The number of carbonyl (C=O) groups excluding carboxylic acids is 1. The summed E-state index contributed by atoms with van der Waals surface area (Å²) in [5.74, 6) is 0.543. The van der Waals surface area contributed by atoms with E-state index < -0.39 is 0 Å². The van der Waals surface area contributed by atoms with Gasteiger partial charge in [-0.05, 0) is 55.3 Å². The van der Waals surface area contributed by atoms with Gasteiger partial charge in [-0.3, -0.25) is 14.8 Å². The van der Waals surface area contributed by atoms with Gasteiger partial charge in [-0.1, -0.05) is 18.2 Å². The third-order valence-corrected chi connectivity index (χ3v) is 4.54. The van der Waals surface area contributed by atoms with Crippen LogP contribution in [0.1, 0.15) is 29.9 Å². The summed E-state index contributed by atoms with van der Waals surface area (Å²) in [6.07, 6.45) is 7.01. The molecule has 0 spiro atoms. The molecular weight excluding hydrogens is 376 g/mol. The fraction of sp³-hybridized carbons (Fsp3) is 0.167. The van der Waals surface area contributed by atoms with Crippen LogP contribution in [0.3, 0.4) is 0 Å². The Morgan fingerprint density at radius 1 is 1.03 bits per heavy atom. The van der Waals surface area contributed by atoms with Crippen molar-refractivity contribution in [3.63, 3.8) is 0 Å². The predicted octanol–water partition coefficient (Wildman–Crippen LogP) is 4.41. The maximum atomic E-state index is 12.9. The van der Waals surface area contributed by atoms with Gasteiger partial charge in [0.15, 0.2) is 0 Å². The summed E-state index contributed by atoms with van der Waals surface area (Å²) in [6, 6.07) is 15.1. The van der Waals surface area contributed by atoms with Crippen molar-refractivity contribution >= 4 is 16.8 Å². The number of carbonyl (C=O) groups is 1. The molecule has 30 heavy (non-hydrogen) atoms. The largest absolute Gasteiger partial charge is 0.491 e. The topological polar surface area (TPSA) is 77.0 Å². The number of hydrogen-bond donors (Lipinski definition) is 1. The maximum Gasteiger partial charge on any atom is 0.270 e. The van der Waals surface area contributed by atoms with Crippen LogP contribution in [0.25, 0.3) is 22.0 Å². The molecule has 1 aromatic carbocycles. The summed E-state index contributed by atoms with van der Waals surface area (Å²) in [5.41, 5.74) is 3.80. The molecule has 6 heteroatoms. The Bertz CT molecular complexity index is 1180. The minimum atomic E-state index is -0.242. The second kappa shape index (κ2) is 8.69. The van der Waals surface area contributed by atoms with Crippen molar-refractivity contribution in [2.24, 2.45) is 0 Å². The Morgan fingerprint density at radius 2 is 1.90 bits per heavy atom. The lowest BCUT2D eigenvalue weighted by molar-refractivity contribution is 0.0946. The Balaban J connectivity index is 1.60. The molecule has 3 heterocycles. The molecule has 4 aromatic rings. The second-order valence-electron chi connectivity index (χ2n) is 7.19. The molecule has 0 aliphatic heterocycles. The van der Waals surface area contributed by atoms with Gasteiger partial charge in [0.25, 0.3) is 5.91 Å². The third-order valence-electron chi connectivity index (χ3n) is 4.54. The summed E-state index contributed by atoms with van der Waals surface area (Å²) in [4.78, 5) is 25.8. The molecule has 0 saturated carbocycles. The average molecular weight is 398 g/mol. The van der Waals surface area contributed by atoms with Crippen LogP contribution in [0.4, 0.5) is 0 Å². The molecule has 0 aliphatic rings. The fourth-order valence-electron chi connectivity index (χ4n) is 3.22. The van der Waals surface area contributed by atoms with Gasteiger partial charge in [0.2, 0.25) is 0 Å². The summed E-state index contributed by atoms with van der Waals surface area (Å²) in [6.45, 7) is 4.34. The molecule has 1 amide bonds. The quantitative estimate of drug-likeness (QED) is 0.521. The lowest BCUT2D eigenvalue weighted by atomic mass is 10.0. The summed E-state index contributed by atoms with van der Waals surface area (Å²) >= 11 is 0. The van der Waals surface area contributed by atoms with Crippen LogP contribution in [0, 0.1) is 0 Å². The van der Waals surface area contributed by atoms with E-state index in [0.717, 1.165) is 27.8 Å². The first-order chi connectivity index (χ1) is 14.6. The van der Waals surface area contributed by atoms with Crippen LogP contribution in [0.15, 0.2) is 73.3 Å². The molecule has 0 unspecified atom stereocenters. The third kappa shape index (κ3) is 4.43. The smallest absolute Gasteiger partial charge is 0.270 e. The van der Waals surface area contributed by atoms with E-state index in [1.54, 1.807) is 36.9 Å². The molecule has 6 nitrogen and oxygen atoms in total. The van der Waals surface area contributed by atoms with Gasteiger partial charge < -0.3 is 10.1 Å². The average Bonchev–Trinajstić information content (AvgIpc) is 2.77. The van der Waals surface area contributed by atoms with Gasteiger partial charge in [-0.2, -0.15) is 0 Å². The number of nitrogens with one attached hydrogen (secondary N) is 1. The zero-order chi connectivity index (χ0) is 20.9. The molecule has 0 saturated heterocycles. The molecule has 0 bridgehead atoms. The Morgan fingerprint density at radius 3 is 2.70 bits per heavy atom. The highest BCUT2D eigenvalue weighted by molar-refractivity contribution is 6.00. The Kier molecular flexibility index (Phi) is 5.66. The molecule has 0 radical (unpaired) electrons. The van der Waals surface area contributed by atoms with Gasteiger partial charge >= 0.3 is 0 Å². The number of rotatable bonds is 6. The van der Waals surface area contributed by atoms with Crippen LogP contribution in [-0.4, -0.2) is 27.0 Å². The van der Waals surface area contributed by atoms with Gasteiger partial charge in [-0.15, -0.1) is 0 Å². The van der Waals surface area contributed by atoms with Crippen molar-refractivity contribution < 1.29 is 9.53 Å². The van der Waals surface area contributed by atoms with Gasteiger partial charge in [0, 0.05) is 42.3 Å². The van der Waals surface area contributed by atoms with Crippen molar-refractivity contribution in [3.05, 3.63) is 84.6 Å². The fourth-order valence-corrected chi connectivity index (χ4v) is 3.22. The molecule has 3 aromatic heterocycles. The van der Waals surface area contributed by atoms with Crippen LogP contribution in [0.5, 0.6) is 5.75 Å². The zero-order valence-corrected chi connectivity index (χ0v) is 16.9. The number of ether oxygens (including phenoxy) is 1. The summed E-state index contributed by atoms with van der Waals surface area (Å²) in [5, 5.41) is 3.83. The Labute approximate surface area is 175 Å². The van der Waals surface area contributed by atoms with E-state index in [0.29, 0.717) is 17.8 Å². The van der Waals surface area contributed by atoms with Crippen molar-refractivity contribution in [2.75, 3.05) is 0 Å². The molecule has 0 fully saturated rings. The zero-order valence-electron chi connectivity index (χ0n) is 16.9. The highest BCUT2D eigenvalue weighted by atomic mass is 16.5. The number of aromatic nitrogens is 3. The maximum absolute atomic E-state index is 12.9. The van der Waals surface area contributed by atoms with E-state index in [1.165, 1.54) is 0 Å². The van der Waals surface area contributed by atoms with Crippen LogP contribution < -0.4 is 10.1 Å². The lowest BCUT2D eigenvalue weighted by Gasteiger charge is -2.12. The highest BCUT2D eigenvalue weighted by Crippen LogP contribution is 2.27. The second-order valence-corrected chi connectivity index (χ2v) is 7.19. The van der Waals surface area contributed by atoms with Crippen LogP contribution in [0.2, 0.25) is 0 Å². The minimum absolute atomic E-state index is 0.0945. The number of benzene rings is 1. The van der Waals surface area contributed by atoms with Gasteiger partial charge in [0.1, 0.15) is 11.4 Å². The molecule has 150 valence electrons. The van der Waals surface area contributed by atoms with E-state index in [2.05, 4.69) is 20.3 Å². The number of fused-ring (bicyclic) bond motifs is 1. The monoisotopic (exact) mass is 398 g/mol. The lowest BCUT2D eigenvalue weighted by Crippen LogP contribution is -2.24.